The molecule has 0 unspecified atom stereocenters. The number of hydrogen-bond acceptors (Lipinski definition) is 3. The second-order valence-corrected chi connectivity index (χ2v) is 5.30. The fourth-order valence-corrected chi connectivity index (χ4v) is 2.73. The van der Waals surface area contributed by atoms with Crippen molar-refractivity contribution in [3.8, 4) is 6.19 Å². The first-order chi connectivity index (χ1) is 8.66. The van der Waals surface area contributed by atoms with Crippen molar-refractivity contribution in [1.82, 2.24) is 0 Å². The molecule has 0 fully saturated rings. The molecule has 2 aromatic rings. The summed E-state index contributed by atoms with van der Waals surface area (Å²) in [5, 5.41) is 9.07. The van der Waals surface area contributed by atoms with E-state index in [9.17, 15) is 8.42 Å². The van der Waals surface area contributed by atoms with Gasteiger partial charge in [0.2, 0.25) is 0 Å². The van der Waals surface area contributed by atoms with Gasteiger partial charge in [-0.3, -0.25) is 0 Å². The average Bonchev–Trinajstić information content (AvgIpc) is 2.41. The molecule has 0 spiro atoms. The summed E-state index contributed by atoms with van der Waals surface area (Å²) in [4.78, 5) is 0.0930. The molecule has 5 heteroatoms. The summed E-state index contributed by atoms with van der Waals surface area (Å²) in [7, 11) is -3.83. The Morgan fingerprint density at radius 3 is 1.89 bits per heavy atom. The van der Waals surface area contributed by atoms with Gasteiger partial charge >= 0.3 is 0 Å². The molecular formula is C13H10N2O2S. The maximum Gasteiger partial charge on any atom is 0.276 e. The lowest BCUT2D eigenvalue weighted by atomic mass is 10.3. The normalized spacial score (nSPS) is 10.6. The average molecular weight is 258 g/mol. The molecule has 0 atom stereocenters. The van der Waals surface area contributed by atoms with E-state index in [1.807, 2.05) is 0 Å². The van der Waals surface area contributed by atoms with Crippen LogP contribution in [0.15, 0.2) is 65.6 Å². The van der Waals surface area contributed by atoms with E-state index < -0.39 is 10.0 Å². The van der Waals surface area contributed by atoms with Crippen LogP contribution in [0.3, 0.4) is 0 Å². The molecule has 0 saturated carbocycles. The summed E-state index contributed by atoms with van der Waals surface area (Å²) in [6.45, 7) is 0. The van der Waals surface area contributed by atoms with Crippen molar-refractivity contribution in [3.05, 3.63) is 60.7 Å². The van der Waals surface area contributed by atoms with Crippen LogP contribution in [0.1, 0.15) is 0 Å². The Hall–Kier alpha value is -2.32. The number of rotatable bonds is 3. The topological polar surface area (TPSA) is 61.2 Å². The van der Waals surface area contributed by atoms with Gasteiger partial charge in [0, 0.05) is 0 Å². The molecule has 0 bridgehead atoms. The van der Waals surface area contributed by atoms with Gasteiger partial charge in [0.15, 0.2) is 6.19 Å². The lowest BCUT2D eigenvalue weighted by Crippen LogP contribution is -2.25. The van der Waals surface area contributed by atoms with Crippen LogP contribution in [-0.2, 0) is 10.0 Å². The van der Waals surface area contributed by atoms with Crippen LogP contribution in [0.5, 0.6) is 0 Å². The van der Waals surface area contributed by atoms with Gasteiger partial charge in [-0.1, -0.05) is 36.4 Å². The molecule has 0 radical (unpaired) electrons. The number of sulfonamides is 1. The van der Waals surface area contributed by atoms with Gasteiger partial charge in [0.1, 0.15) is 0 Å². The van der Waals surface area contributed by atoms with Crippen molar-refractivity contribution in [3.63, 3.8) is 0 Å². The Balaban J connectivity index is 2.50. The molecule has 0 saturated heterocycles. The first-order valence-corrected chi connectivity index (χ1v) is 6.65. The molecule has 0 heterocycles. The summed E-state index contributed by atoms with van der Waals surface area (Å²) in [6.07, 6.45) is 1.70. The van der Waals surface area contributed by atoms with Crippen LogP contribution in [0.25, 0.3) is 0 Å². The SMILES string of the molecule is N#CN(c1ccccc1)S(=O)(=O)c1ccccc1. The molecule has 0 aromatic heterocycles. The third-order valence-electron chi connectivity index (χ3n) is 2.36. The summed E-state index contributed by atoms with van der Waals surface area (Å²) < 4.78 is 25.2. The Morgan fingerprint density at radius 2 is 1.39 bits per heavy atom. The standard InChI is InChI=1S/C13H10N2O2S/c14-11-15(12-7-3-1-4-8-12)18(16,17)13-9-5-2-6-10-13/h1-10H. The summed E-state index contributed by atoms with van der Waals surface area (Å²) >= 11 is 0. The molecular weight excluding hydrogens is 248 g/mol. The smallest absolute Gasteiger partial charge is 0.200 e. The van der Waals surface area contributed by atoms with Crippen molar-refractivity contribution in [2.24, 2.45) is 0 Å². The molecule has 0 aliphatic heterocycles. The molecule has 0 N–H and O–H groups in total. The summed E-state index contributed by atoms with van der Waals surface area (Å²) in [5.74, 6) is 0. The van der Waals surface area contributed by atoms with Crippen LogP contribution >= 0.6 is 0 Å². The second-order valence-electron chi connectivity index (χ2n) is 3.52. The van der Waals surface area contributed by atoms with Gasteiger partial charge in [-0.2, -0.15) is 18.0 Å². The second kappa shape index (κ2) is 4.90. The fraction of sp³-hybridized carbons (Fsp3) is 0. The third-order valence-corrected chi connectivity index (χ3v) is 4.00. The lowest BCUT2D eigenvalue weighted by Gasteiger charge is -2.15. The van der Waals surface area contributed by atoms with E-state index in [0.29, 0.717) is 9.99 Å². The van der Waals surface area contributed by atoms with E-state index in [1.54, 1.807) is 54.7 Å². The van der Waals surface area contributed by atoms with Crippen LogP contribution in [0.4, 0.5) is 5.69 Å². The molecule has 0 aliphatic rings. The van der Waals surface area contributed by atoms with Gasteiger partial charge in [-0.25, -0.2) is 0 Å². The zero-order valence-electron chi connectivity index (χ0n) is 9.39. The van der Waals surface area contributed by atoms with E-state index in [-0.39, 0.29) is 4.90 Å². The molecule has 2 aromatic carbocycles. The predicted octanol–water partition coefficient (Wildman–Crippen LogP) is 2.36. The quantitative estimate of drug-likeness (QED) is 0.627. The van der Waals surface area contributed by atoms with Crippen molar-refractivity contribution >= 4 is 15.7 Å². The van der Waals surface area contributed by atoms with E-state index in [1.165, 1.54) is 12.1 Å². The maximum atomic E-state index is 12.3. The molecule has 18 heavy (non-hydrogen) atoms. The monoisotopic (exact) mass is 258 g/mol. The highest BCUT2D eigenvalue weighted by Crippen LogP contribution is 2.22. The van der Waals surface area contributed by atoms with Crippen LogP contribution < -0.4 is 4.31 Å². The summed E-state index contributed by atoms with van der Waals surface area (Å²) in [6, 6.07) is 16.1. The van der Waals surface area contributed by atoms with Gasteiger partial charge in [-0.05, 0) is 24.3 Å². The number of nitriles is 1. The Kier molecular flexibility index (Phi) is 3.31. The van der Waals surface area contributed by atoms with Gasteiger partial charge in [0.05, 0.1) is 10.6 Å². The Morgan fingerprint density at radius 1 is 0.889 bits per heavy atom. The number of hydrogen-bond donors (Lipinski definition) is 0. The van der Waals surface area contributed by atoms with Crippen LogP contribution in [0.2, 0.25) is 0 Å². The highest BCUT2D eigenvalue weighted by atomic mass is 32.2. The molecule has 4 nitrogen and oxygen atoms in total. The molecule has 90 valence electrons. The maximum absolute atomic E-state index is 12.3. The van der Waals surface area contributed by atoms with Crippen molar-refractivity contribution in [1.29, 1.82) is 5.26 Å². The molecule has 2 rings (SSSR count). The number of anilines is 1. The molecule has 0 amide bonds. The number of para-hydroxylation sites is 1. The van der Waals surface area contributed by atoms with Gasteiger partial charge in [0.25, 0.3) is 10.0 Å². The Labute approximate surface area is 106 Å². The van der Waals surface area contributed by atoms with Crippen molar-refractivity contribution in [2.75, 3.05) is 4.31 Å². The van der Waals surface area contributed by atoms with E-state index in [0.717, 1.165) is 0 Å². The minimum Gasteiger partial charge on any atom is -0.200 e. The molecule has 0 aliphatic carbocycles. The largest absolute Gasteiger partial charge is 0.276 e. The minimum atomic E-state index is -3.83. The zero-order chi connectivity index (χ0) is 13.0. The predicted molar refractivity (Wildman–Crippen MR) is 68.2 cm³/mol. The van der Waals surface area contributed by atoms with Crippen molar-refractivity contribution in [2.45, 2.75) is 4.90 Å². The van der Waals surface area contributed by atoms with Crippen LogP contribution in [0, 0.1) is 11.5 Å². The van der Waals surface area contributed by atoms with Gasteiger partial charge in [-0.15, -0.1) is 0 Å². The van der Waals surface area contributed by atoms with Gasteiger partial charge < -0.3 is 0 Å². The van der Waals surface area contributed by atoms with E-state index >= 15 is 0 Å². The number of nitrogens with zero attached hydrogens (tertiary/aromatic N) is 2. The summed E-state index contributed by atoms with van der Waals surface area (Å²) in [5.41, 5.74) is 0.323. The fourth-order valence-electron chi connectivity index (χ4n) is 1.51. The van der Waals surface area contributed by atoms with Crippen molar-refractivity contribution < 1.29 is 8.42 Å². The first-order valence-electron chi connectivity index (χ1n) is 5.21. The minimum absolute atomic E-state index is 0.0930. The number of benzene rings is 2. The lowest BCUT2D eigenvalue weighted by molar-refractivity contribution is 0.596. The zero-order valence-corrected chi connectivity index (χ0v) is 10.2. The van der Waals surface area contributed by atoms with E-state index in [2.05, 4.69) is 0 Å². The third kappa shape index (κ3) is 2.19. The highest BCUT2D eigenvalue weighted by molar-refractivity contribution is 7.93. The highest BCUT2D eigenvalue weighted by Gasteiger charge is 2.24. The van der Waals surface area contributed by atoms with E-state index in [4.69, 9.17) is 5.26 Å². The first kappa shape index (κ1) is 12.1. The Bertz CT molecular complexity index is 661. The van der Waals surface area contributed by atoms with Crippen LogP contribution in [-0.4, -0.2) is 8.42 Å².